The molecule has 1 aliphatic rings. The van der Waals surface area contributed by atoms with Gasteiger partial charge >= 0.3 is 5.97 Å². The zero-order chi connectivity index (χ0) is 24.8. The van der Waals surface area contributed by atoms with Crippen LogP contribution in [0, 0.1) is 0 Å². The number of aliphatic carboxylic acids is 1. The van der Waals surface area contributed by atoms with Gasteiger partial charge in [-0.15, -0.1) is 0 Å². The first-order chi connectivity index (χ1) is 15.1. The van der Waals surface area contributed by atoms with Crippen molar-refractivity contribution in [2.75, 3.05) is 6.54 Å². The van der Waals surface area contributed by atoms with Crippen molar-refractivity contribution in [1.29, 1.82) is 0 Å². The Labute approximate surface area is 193 Å². The molecule has 33 heavy (non-hydrogen) atoms. The number of unbranched alkanes of at least 4 members (excludes halogenated alkanes) is 2. The van der Waals surface area contributed by atoms with Crippen molar-refractivity contribution in [1.82, 2.24) is 0 Å². The van der Waals surface area contributed by atoms with Crippen molar-refractivity contribution in [3.8, 4) is 0 Å². The summed E-state index contributed by atoms with van der Waals surface area (Å²) < 4.78 is 68.6. The molecule has 0 spiro atoms. The van der Waals surface area contributed by atoms with E-state index < -0.39 is 42.3 Å². The summed E-state index contributed by atoms with van der Waals surface area (Å²) in [5.74, 6) is -1.61. The first-order valence-electron chi connectivity index (χ1n) is 10.5. The average molecular weight is 499 g/mol. The van der Waals surface area contributed by atoms with E-state index in [0.717, 1.165) is 30.3 Å². The Morgan fingerprint density at radius 2 is 1.70 bits per heavy atom. The van der Waals surface area contributed by atoms with E-state index in [0.29, 0.717) is 29.3 Å². The second kappa shape index (κ2) is 8.79. The van der Waals surface area contributed by atoms with Crippen molar-refractivity contribution < 1.29 is 40.4 Å². The first kappa shape index (κ1) is 25.3. The first-order valence-corrected chi connectivity index (χ1v) is 13.5. The van der Waals surface area contributed by atoms with Gasteiger partial charge in [-0.25, -0.2) is 0 Å². The third-order valence-electron chi connectivity index (χ3n) is 6.24. The molecule has 0 amide bonds. The molecule has 0 aliphatic carbocycles. The molecule has 3 rings (SSSR count). The molecule has 0 radical (unpaired) electrons. The minimum atomic E-state index is -4.71. The highest BCUT2D eigenvalue weighted by atomic mass is 32.2. The van der Waals surface area contributed by atoms with Crippen LogP contribution in [0.1, 0.15) is 57.6 Å². The lowest BCUT2D eigenvalue weighted by atomic mass is 9.79. The summed E-state index contributed by atoms with van der Waals surface area (Å²) >= 11 is 0. The van der Waals surface area contributed by atoms with Gasteiger partial charge in [0.25, 0.3) is 20.2 Å². The highest BCUT2D eigenvalue weighted by Crippen LogP contribution is 2.46. The quantitative estimate of drug-likeness (QED) is 0.270. The van der Waals surface area contributed by atoms with Gasteiger partial charge in [-0.1, -0.05) is 0 Å². The summed E-state index contributed by atoms with van der Waals surface area (Å²) in [7, 11) is -9.11. The Balaban J connectivity index is 2.15. The molecule has 2 aromatic rings. The summed E-state index contributed by atoms with van der Waals surface area (Å²) in [5.41, 5.74) is 1.93. The van der Waals surface area contributed by atoms with Gasteiger partial charge in [0, 0.05) is 36.8 Å². The van der Waals surface area contributed by atoms with E-state index in [1.54, 1.807) is 6.07 Å². The van der Waals surface area contributed by atoms with E-state index >= 15 is 0 Å². The summed E-state index contributed by atoms with van der Waals surface area (Å²) in [6.45, 7) is 6.47. The standard InChI is InChI=1S/C22H27NO8S2/c1-14-22(2,3)21-17(23(14)10-6-4-5-7-19(24)25)9-8-16-11-15(13-32(26,27)28)12-18(20(16)21)33(29,30)31/h8-9,11-12H,4-7,10,13H2,1-3H3,(H2-,24,25,26,27,28,29,30,31)/p+1. The van der Waals surface area contributed by atoms with Gasteiger partial charge in [0.05, 0.1) is 5.41 Å². The summed E-state index contributed by atoms with van der Waals surface area (Å²) in [5, 5.41) is 9.56. The number of carboxylic acid groups (broad SMARTS) is 1. The number of rotatable bonds is 9. The minimum absolute atomic E-state index is 0.0457. The van der Waals surface area contributed by atoms with E-state index in [1.807, 2.05) is 26.8 Å². The number of carboxylic acids is 1. The third kappa shape index (κ3) is 5.26. The number of benzene rings is 2. The zero-order valence-corrected chi connectivity index (χ0v) is 20.3. The second-order valence-electron chi connectivity index (χ2n) is 8.92. The third-order valence-corrected chi connectivity index (χ3v) is 7.82. The molecule has 1 aliphatic heterocycles. The van der Waals surface area contributed by atoms with Crippen LogP contribution in [0.4, 0.5) is 5.69 Å². The zero-order valence-electron chi connectivity index (χ0n) is 18.7. The summed E-state index contributed by atoms with van der Waals surface area (Å²) in [6.07, 6.45) is 2.16. The number of nitrogens with zero attached hydrogens (tertiary/aromatic N) is 1. The van der Waals surface area contributed by atoms with E-state index in [9.17, 15) is 30.7 Å². The lowest BCUT2D eigenvalue weighted by molar-refractivity contribution is -0.439. The van der Waals surface area contributed by atoms with Gasteiger partial charge in [-0.05, 0) is 55.8 Å². The summed E-state index contributed by atoms with van der Waals surface area (Å²) in [6, 6.07) is 6.09. The highest BCUT2D eigenvalue weighted by Gasteiger charge is 2.45. The monoisotopic (exact) mass is 498 g/mol. The second-order valence-corrected chi connectivity index (χ2v) is 11.8. The van der Waals surface area contributed by atoms with Crippen LogP contribution in [0.5, 0.6) is 0 Å². The SMILES string of the molecule is CC1=[N+](CCCCCC(=O)O)c2ccc3cc(CS(=O)(=O)O)cc(S(=O)(=O)O)c3c2C1(C)C. The molecule has 3 N–H and O–H groups in total. The van der Waals surface area contributed by atoms with E-state index in [2.05, 4.69) is 4.58 Å². The normalized spacial score (nSPS) is 15.8. The van der Waals surface area contributed by atoms with Crippen LogP contribution in [0.25, 0.3) is 10.8 Å². The van der Waals surface area contributed by atoms with E-state index in [1.165, 1.54) is 6.07 Å². The van der Waals surface area contributed by atoms with Gasteiger partial charge < -0.3 is 5.11 Å². The van der Waals surface area contributed by atoms with Crippen LogP contribution in [0.15, 0.2) is 29.2 Å². The lowest BCUT2D eigenvalue weighted by Gasteiger charge is -2.19. The predicted octanol–water partition coefficient (Wildman–Crippen LogP) is 3.52. The van der Waals surface area contributed by atoms with Crippen molar-refractivity contribution in [3.63, 3.8) is 0 Å². The fraction of sp³-hybridized carbons (Fsp3) is 0.455. The van der Waals surface area contributed by atoms with Crippen molar-refractivity contribution >= 4 is 48.4 Å². The maximum atomic E-state index is 12.3. The molecule has 2 aromatic carbocycles. The van der Waals surface area contributed by atoms with Crippen LogP contribution < -0.4 is 0 Å². The maximum Gasteiger partial charge on any atom is 0.303 e. The molecule has 0 saturated carbocycles. The molecule has 0 saturated heterocycles. The molecule has 1 heterocycles. The van der Waals surface area contributed by atoms with Gasteiger partial charge in [-0.2, -0.15) is 21.4 Å². The van der Waals surface area contributed by atoms with Gasteiger partial charge in [0.2, 0.25) is 5.69 Å². The van der Waals surface area contributed by atoms with E-state index in [4.69, 9.17) is 5.11 Å². The van der Waals surface area contributed by atoms with Crippen LogP contribution in [0.2, 0.25) is 0 Å². The number of carbonyl (C=O) groups is 1. The average Bonchev–Trinajstić information content (AvgIpc) is 2.85. The fourth-order valence-electron chi connectivity index (χ4n) is 4.54. The van der Waals surface area contributed by atoms with Crippen LogP contribution in [0.3, 0.4) is 0 Å². The Morgan fingerprint density at radius 3 is 2.27 bits per heavy atom. The molecule has 0 aromatic heterocycles. The molecular weight excluding hydrogens is 470 g/mol. The largest absolute Gasteiger partial charge is 0.481 e. The molecular formula is C22H28NO8S2+. The van der Waals surface area contributed by atoms with Gasteiger partial charge in [0.15, 0.2) is 5.71 Å². The van der Waals surface area contributed by atoms with Crippen molar-refractivity contribution in [3.05, 3.63) is 35.4 Å². The molecule has 180 valence electrons. The minimum Gasteiger partial charge on any atom is -0.481 e. The number of fused-ring (bicyclic) bond motifs is 3. The highest BCUT2D eigenvalue weighted by molar-refractivity contribution is 7.86. The van der Waals surface area contributed by atoms with Crippen LogP contribution >= 0.6 is 0 Å². The smallest absolute Gasteiger partial charge is 0.303 e. The topological polar surface area (TPSA) is 149 Å². The molecule has 11 heteroatoms. The Hall–Kier alpha value is -2.34. The van der Waals surface area contributed by atoms with E-state index in [-0.39, 0.29) is 12.0 Å². The fourth-order valence-corrected chi connectivity index (χ4v) is 5.91. The van der Waals surface area contributed by atoms with Crippen LogP contribution in [-0.2, 0) is 36.2 Å². The maximum absolute atomic E-state index is 12.3. The predicted molar refractivity (Wildman–Crippen MR) is 124 cm³/mol. The van der Waals surface area contributed by atoms with Crippen molar-refractivity contribution in [2.24, 2.45) is 0 Å². The van der Waals surface area contributed by atoms with Crippen LogP contribution in [-0.4, -0.2) is 53.8 Å². The molecule has 0 bridgehead atoms. The summed E-state index contributed by atoms with van der Waals surface area (Å²) in [4.78, 5) is 10.3. The molecule has 9 nitrogen and oxygen atoms in total. The van der Waals surface area contributed by atoms with Crippen molar-refractivity contribution in [2.45, 2.75) is 62.5 Å². The molecule has 0 atom stereocenters. The van der Waals surface area contributed by atoms with Gasteiger partial charge in [0.1, 0.15) is 17.2 Å². The Morgan fingerprint density at radius 1 is 1.03 bits per heavy atom. The lowest BCUT2D eigenvalue weighted by Crippen LogP contribution is -2.27. The Kier molecular flexibility index (Phi) is 6.73. The molecule has 0 fully saturated rings. The molecule has 0 unspecified atom stereocenters. The van der Waals surface area contributed by atoms with Gasteiger partial charge in [-0.3, -0.25) is 13.9 Å². The number of hydrogen-bond acceptors (Lipinski definition) is 5. The number of hydrogen-bond donors (Lipinski definition) is 3. The Bertz CT molecular complexity index is 1370.